The molecule has 20 heavy (non-hydrogen) atoms. The summed E-state index contributed by atoms with van der Waals surface area (Å²) in [6, 6.07) is 1.44. The average molecular weight is 316 g/mol. The van der Waals surface area contributed by atoms with E-state index in [-0.39, 0.29) is 15.8 Å². The van der Waals surface area contributed by atoms with Gasteiger partial charge in [-0.25, -0.2) is 4.39 Å². The molecule has 0 unspecified atom stereocenters. The highest BCUT2D eigenvalue weighted by Gasteiger charge is 2.40. The van der Waals surface area contributed by atoms with Gasteiger partial charge in [0.1, 0.15) is 5.69 Å². The van der Waals surface area contributed by atoms with Crippen molar-refractivity contribution in [2.45, 2.75) is 51.4 Å². The Kier molecular flexibility index (Phi) is 5.52. The molecular formula is C15H23ClFNOSi. The van der Waals surface area contributed by atoms with Gasteiger partial charge >= 0.3 is 0 Å². The molecule has 2 nitrogen and oxygen atoms in total. The molecule has 0 bridgehead atoms. The van der Waals surface area contributed by atoms with Gasteiger partial charge in [0.2, 0.25) is 0 Å². The maximum absolute atomic E-state index is 14.2. The van der Waals surface area contributed by atoms with Crippen LogP contribution in [0.4, 0.5) is 4.39 Å². The molecule has 0 saturated heterocycles. The van der Waals surface area contributed by atoms with Crippen molar-refractivity contribution < 1.29 is 8.82 Å². The normalized spacial score (nSPS) is 14.2. The predicted molar refractivity (Wildman–Crippen MR) is 85.0 cm³/mol. The van der Waals surface area contributed by atoms with Crippen molar-refractivity contribution >= 4 is 19.9 Å². The molecule has 1 heterocycles. The smallest absolute Gasteiger partial charge is 0.193 e. The van der Waals surface area contributed by atoms with E-state index in [9.17, 15) is 4.39 Å². The standard InChI is InChI=1S/C15H23ClFNOSi/c1-7-8-12(19-20(5,6)15(2,3)4)14-13(17)11(16)9-10-18-14/h7,9-10,12H,1,8H2,2-6H3/t12-/m1/s1. The van der Waals surface area contributed by atoms with Crippen molar-refractivity contribution in [3.8, 4) is 0 Å². The van der Waals surface area contributed by atoms with Gasteiger partial charge in [0.05, 0.1) is 11.1 Å². The first-order chi connectivity index (χ1) is 9.10. The van der Waals surface area contributed by atoms with Crippen molar-refractivity contribution in [1.82, 2.24) is 4.98 Å². The molecule has 0 saturated carbocycles. The minimum Gasteiger partial charge on any atom is -0.408 e. The summed E-state index contributed by atoms with van der Waals surface area (Å²) in [6.07, 6.45) is 3.30. The Morgan fingerprint density at radius 1 is 1.50 bits per heavy atom. The number of nitrogens with zero attached hydrogens (tertiary/aromatic N) is 1. The first-order valence-corrected chi connectivity index (χ1v) is 9.97. The Morgan fingerprint density at radius 3 is 2.60 bits per heavy atom. The summed E-state index contributed by atoms with van der Waals surface area (Å²) in [5.41, 5.74) is 0.266. The molecule has 0 aliphatic rings. The first-order valence-electron chi connectivity index (χ1n) is 6.69. The van der Waals surface area contributed by atoms with Gasteiger partial charge in [0, 0.05) is 6.20 Å². The van der Waals surface area contributed by atoms with Gasteiger partial charge in [-0.1, -0.05) is 38.4 Å². The van der Waals surface area contributed by atoms with Crippen LogP contribution < -0.4 is 0 Å². The molecule has 0 fully saturated rings. The largest absolute Gasteiger partial charge is 0.408 e. The van der Waals surface area contributed by atoms with E-state index >= 15 is 0 Å². The predicted octanol–water partition coefficient (Wildman–Crippen LogP) is 5.51. The summed E-state index contributed by atoms with van der Waals surface area (Å²) in [6.45, 7) is 14.4. The van der Waals surface area contributed by atoms with E-state index in [0.29, 0.717) is 6.42 Å². The lowest BCUT2D eigenvalue weighted by atomic mass is 10.1. The lowest BCUT2D eigenvalue weighted by Crippen LogP contribution is -2.42. The number of pyridine rings is 1. The van der Waals surface area contributed by atoms with Crippen LogP contribution in [0.2, 0.25) is 23.2 Å². The minimum atomic E-state index is -2.03. The Hall–Kier alpha value is -0.713. The van der Waals surface area contributed by atoms with Crippen molar-refractivity contribution in [1.29, 1.82) is 0 Å². The highest BCUT2D eigenvalue weighted by molar-refractivity contribution is 6.74. The van der Waals surface area contributed by atoms with Gasteiger partial charge in [-0.15, -0.1) is 6.58 Å². The fourth-order valence-electron chi connectivity index (χ4n) is 1.56. The highest BCUT2D eigenvalue weighted by Crippen LogP contribution is 2.40. The fourth-order valence-corrected chi connectivity index (χ4v) is 2.98. The van der Waals surface area contributed by atoms with Crippen LogP contribution in [0, 0.1) is 5.82 Å². The van der Waals surface area contributed by atoms with Crippen LogP contribution in [-0.4, -0.2) is 13.3 Å². The van der Waals surface area contributed by atoms with Crippen molar-refractivity contribution in [2.24, 2.45) is 0 Å². The molecule has 0 radical (unpaired) electrons. The van der Waals surface area contributed by atoms with Gasteiger partial charge in [-0.05, 0) is 30.6 Å². The quantitative estimate of drug-likeness (QED) is 0.527. The molecule has 0 spiro atoms. The van der Waals surface area contributed by atoms with Gasteiger partial charge in [0.15, 0.2) is 14.1 Å². The molecule has 112 valence electrons. The molecule has 1 rings (SSSR count). The van der Waals surface area contributed by atoms with E-state index in [2.05, 4.69) is 45.4 Å². The maximum Gasteiger partial charge on any atom is 0.193 e. The Bertz CT molecular complexity index is 485. The molecule has 0 N–H and O–H groups in total. The van der Waals surface area contributed by atoms with E-state index < -0.39 is 20.2 Å². The zero-order valence-electron chi connectivity index (χ0n) is 12.8. The summed E-state index contributed by atoms with van der Waals surface area (Å²) in [7, 11) is -2.03. The Morgan fingerprint density at radius 2 is 2.10 bits per heavy atom. The Labute approximate surface area is 127 Å². The summed E-state index contributed by atoms with van der Waals surface area (Å²) in [5, 5.41) is 0.115. The van der Waals surface area contributed by atoms with E-state index in [0.717, 1.165) is 0 Å². The van der Waals surface area contributed by atoms with E-state index in [4.69, 9.17) is 16.0 Å². The second-order valence-corrected chi connectivity index (χ2v) is 11.5. The van der Waals surface area contributed by atoms with Gasteiger partial charge < -0.3 is 4.43 Å². The zero-order valence-corrected chi connectivity index (χ0v) is 14.6. The zero-order chi connectivity index (χ0) is 15.6. The molecular weight excluding hydrogens is 293 g/mol. The minimum absolute atomic E-state index is 0.0431. The van der Waals surface area contributed by atoms with Crippen molar-refractivity contribution in [3.05, 3.63) is 41.5 Å². The highest BCUT2D eigenvalue weighted by atomic mass is 35.5. The van der Waals surface area contributed by atoms with Gasteiger partial charge in [-0.2, -0.15) is 0 Å². The van der Waals surface area contributed by atoms with Crippen LogP contribution in [-0.2, 0) is 4.43 Å². The fraction of sp³-hybridized carbons (Fsp3) is 0.533. The third-order valence-electron chi connectivity index (χ3n) is 3.80. The third-order valence-corrected chi connectivity index (χ3v) is 8.58. The van der Waals surface area contributed by atoms with Crippen LogP contribution in [0.3, 0.4) is 0 Å². The van der Waals surface area contributed by atoms with Crippen LogP contribution in [0.1, 0.15) is 39.0 Å². The number of hydrogen-bond acceptors (Lipinski definition) is 2. The lowest BCUT2D eigenvalue weighted by Gasteiger charge is -2.39. The number of aromatic nitrogens is 1. The van der Waals surface area contributed by atoms with E-state index in [1.165, 1.54) is 12.3 Å². The first kappa shape index (κ1) is 17.3. The summed E-state index contributed by atoms with van der Waals surface area (Å²) in [4.78, 5) is 4.11. The molecule has 0 aromatic carbocycles. The topological polar surface area (TPSA) is 22.1 Å². The van der Waals surface area contributed by atoms with Crippen LogP contribution in [0.15, 0.2) is 24.9 Å². The van der Waals surface area contributed by atoms with Gasteiger partial charge in [-0.3, -0.25) is 4.98 Å². The molecule has 0 aliphatic heterocycles. The monoisotopic (exact) mass is 315 g/mol. The maximum atomic E-state index is 14.2. The third kappa shape index (κ3) is 3.90. The SMILES string of the molecule is C=CC[C@@H](O[Si](C)(C)C(C)(C)C)c1nccc(Cl)c1F. The lowest BCUT2D eigenvalue weighted by molar-refractivity contribution is 0.177. The van der Waals surface area contributed by atoms with Crippen molar-refractivity contribution in [2.75, 3.05) is 0 Å². The Balaban J connectivity index is 3.13. The van der Waals surface area contributed by atoms with Crippen LogP contribution in [0.25, 0.3) is 0 Å². The molecule has 1 aromatic rings. The summed E-state index contributed by atoms with van der Waals surface area (Å²) >= 11 is 5.83. The van der Waals surface area contributed by atoms with Crippen LogP contribution in [0.5, 0.6) is 0 Å². The van der Waals surface area contributed by atoms with E-state index in [1.807, 2.05) is 0 Å². The molecule has 0 amide bonds. The molecule has 1 aromatic heterocycles. The number of hydrogen-bond donors (Lipinski definition) is 0. The summed E-state index contributed by atoms with van der Waals surface area (Å²) < 4.78 is 20.4. The van der Waals surface area contributed by atoms with Crippen molar-refractivity contribution in [3.63, 3.8) is 0 Å². The number of rotatable bonds is 5. The number of halogens is 2. The second kappa shape index (κ2) is 6.37. The van der Waals surface area contributed by atoms with Gasteiger partial charge in [0.25, 0.3) is 0 Å². The van der Waals surface area contributed by atoms with Crippen LogP contribution >= 0.6 is 11.6 Å². The molecule has 5 heteroatoms. The molecule has 0 aliphatic carbocycles. The molecule has 1 atom stereocenters. The van der Waals surface area contributed by atoms with E-state index in [1.54, 1.807) is 6.08 Å². The second-order valence-electron chi connectivity index (χ2n) is 6.38. The summed E-state index contributed by atoms with van der Waals surface area (Å²) in [5.74, 6) is -0.500. The average Bonchev–Trinajstić information content (AvgIpc) is 2.30.